The van der Waals surface area contributed by atoms with E-state index in [1.807, 2.05) is 0 Å². The molecule has 0 amide bonds. The van der Waals surface area contributed by atoms with Crippen LogP contribution in [0.3, 0.4) is 0 Å². The fourth-order valence-corrected chi connectivity index (χ4v) is 3.66. The predicted octanol–water partition coefficient (Wildman–Crippen LogP) is 3.84. The first-order valence-corrected chi connectivity index (χ1v) is 9.41. The van der Waals surface area contributed by atoms with Crippen LogP contribution in [0.4, 0.5) is 15.8 Å². The van der Waals surface area contributed by atoms with E-state index in [-0.39, 0.29) is 11.7 Å². The average molecular weight is 372 g/mol. The summed E-state index contributed by atoms with van der Waals surface area (Å²) in [5, 5.41) is 22.8. The van der Waals surface area contributed by atoms with Crippen LogP contribution in [0.5, 0.6) is 0 Å². The van der Waals surface area contributed by atoms with E-state index in [2.05, 4.69) is 10.3 Å². The van der Waals surface area contributed by atoms with Crippen LogP contribution in [0.15, 0.2) is 42.7 Å². The molecule has 0 spiro atoms. The van der Waals surface area contributed by atoms with Gasteiger partial charge >= 0.3 is 0 Å². The van der Waals surface area contributed by atoms with Gasteiger partial charge in [0, 0.05) is 18.2 Å². The maximum atomic E-state index is 13.9. The summed E-state index contributed by atoms with van der Waals surface area (Å²) in [5.74, 6) is -0.415. The van der Waals surface area contributed by atoms with Crippen molar-refractivity contribution in [3.05, 3.63) is 54.1 Å². The molecule has 144 valence electrons. The van der Waals surface area contributed by atoms with Crippen molar-refractivity contribution in [3.8, 4) is 0 Å². The molecule has 3 atom stereocenters. The molecule has 1 aromatic heterocycles. The van der Waals surface area contributed by atoms with E-state index in [1.165, 1.54) is 12.3 Å². The van der Waals surface area contributed by atoms with Crippen molar-refractivity contribution in [2.45, 2.75) is 50.7 Å². The first-order chi connectivity index (χ1) is 13.1. The van der Waals surface area contributed by atoms with Crippen molar-refractivity contribution >= 4 is 17.2 Å². The van der Waals surface area contributed by atoms with E-state index in [4.69, 9.17) is 0 Å². The summed E-state index contributed by atoms with van der Waals surface area (Å²) in [5.41, 5.74) is 1.23. The van der Waals surface area contributed by atoms with Gasteiger partial charge in [0.1, 0.15) is 5.82 Å². The number of Topliss-reactive ketones (excluding diaryl/α,β-unsaturated/α-hetero) is 1. The van der Waals surface area contributed by atoms with Crippen LogP contribution < -0.4 is 5.32 Å². The lowest BCUT2D eigenvalue weighted by atomic mass is 9.81. The van der Waals surface area contributed by atoms with Crippen molar-refractivity contribution in [2.75, 3.05) is 5.32 Å². The SMILES string of the molecule is O=C(CCCC1CCCC(O)C1O)c1ccncc1Nc1ccccc1F. The average Bonchev–Trinajstić information content (AvgIpc) is 2.67. The molecule has 3 rings (SSSR count). The monoisotopic (exact) mass is 372 g/mol. The van der Waals surface area contributed by atoms with Crippen LogP contribution >= 0.6 is 0 Å². The van der Waals surface area contributed by atoms with Crippen molar-refractivity contribution in [2.24, 2.45) is 5.92 Å². The van der Waals surface area contributed by atoms with Gasteiger partial charge in [-0.1, -0.05) is 18.6 Å². The second-order valence-electron chi connectivity index (χ2n) is 7.09. The topological polar surface area (TPSA) is 82.5 Å². The number of carbonyl (C=O) groups is 1. The second kappa shape index (κ2) is 9.06. The molecule has 1 heterocycles. The Morgan fingerprint density at radius 1 is 1.19 bits per heavy atom. The van der Waals surface area contributed by atoms with Crippen molar-refractivity contribution in [1.82, 2.24) is 4.98 Å². The number of halogens is 1. The number of aromatic nitrogens is 1. The van der Waals surface area contributed by atoms with Crippen molar-refractivity contribution < 1.29 is 19.4 Å². The number of ketones is 1. The molecule has 27 heavy (non-hydrogen) atoms. The zero-order valence-electron chi connectivity index (χ0n) is 15.1. The molecule has 3 unspecified atom stereocenters. The van der Waals surface area contributed by atoms with Crippen molar-refractivity contribution in [3.63, 3.8) is 0 Å². The summed E-state index contributed by atoms with van der Waals surface area (Å²) in [7, 11) is 0. The molecule has 2 aromatic rings. The van der Waals surface area contributed by atoms with Crippen molar-refractivity contribution in [1.29, 1.82) is 0 Å². The van der Waals surface area contributed by atoms with Gasteiger partial charge in [0.15, 0.2) is 5.78 Å². The van der Waals surface area contributed by atoms with Crippen LogP contribution in [0.2, 0.25) is 0 Å². The molecule has 6 heteroatoms. The Hall–Kier alpha value is -2.31. The van der Waals surface area contributed by atoms with Gasteiger partial charge in [-0.2, -0.15) is 0 Å². The number of aliphatic hydroxyl groups is 2. The summed E-state index contributed by atoms with van der Waals surface area (Å²) >= 11 is 0. The molecular formula is C21H25FN2O3. The van der Waals surface area contributed by atoms with E-state index in [0.29, 0.717) is 42.6 Å². The molecular weight excluding hydrogens is 347 g/mol. The number of hydrogen-bond acceptors (Lipinski definition) is 5. The fourth-order valence-electron chi connectivity index (χ4n) is 3.66. The van der Waals surface area contributed by atoms with Crippen LogP contribution in [0.25, 0.3) is 0 Å². The first-order valence-electron chi connectivity index (χ1n) is 9.41. The second-order valence-corrected chi connectivity index (χ2v) is 7.09. The molecule has 0 aliphatic heterocycles. The van der Waals surface area contributed by atoms with Gasteiger partial charge in [-0.25, -0.2) is 4.39 Å². The Bertz CT molecular complexity index is 784. The number of para-hydroxylation sites is 1. The third-order valence-electron chi connectivity index (χ3n) is 5.20. The van der Waals surface area contributed by atoms with Gasteiger partial charge in [0.2, 0.25) is 0 Å². The quantitative estimate of drug-likeness (QED) is 0.643. The lowest BCUT2D eigenvalue weighted by molar-refractivity contribution is -0.0470. The molecule has 1 aliphatic carbocycles. The normalized spacial score (nSPS) is 22.4. The number of anilines is 2. The summed E-state index contributed by atoms with van der Waals surface area (Å²) in [4.78, 5) is 16.7. The van der Waals surface area contributed by atoms with E-state index < -0.39 is 18.0 Å². The first kappa shape index (κ1) is 19.5. The van der Waals surface area contributed by atoms with Crippen LogP contribution in [0.1, 0.15) is 48.9 Å². The maximum absolute atomic E-state index is 13.9. The molecule has 3 N–H and O–H groups in total. The minimum atomic E-state index is -0.701. The molecule has 1 fully saturated rings. The largest absolute Gasteiger partial charge is 0.390 e. The summed E-state index contributed by atoms with van der Waals surface area (Å²) in [6.07, 6.45) is 5.78. The van der Waals surface area contributed by atoms with Gasteiger partial charge < -0.3 is 15.5 Å². The van der Waals surface area contributed by atoms with Gasteiger partial charge in [-0.05, 0) is 49.8 Å². The minimum absolute atomic E-state index is 0.0370. The molecule has 5 nitrogen and oxygen atoms in total. The summed E-state index contributed by atoms with van der Waals surface area (Å²) in [6, 6.07) is 7.90. The van der Waals surface area contributed by atoms with E-state index in [1.54, 1.807) is 30.5 Å². The van der Waals surface area contributed by atoms with E-state index in [9.17, 15) is 19.4 Å². The Morgan fingerprint density at radius 2 is 2.00 bits per heavy atom. The maximum Gasteiger partial charge on any atom is 0.165 e. The fraction of sp³-hybridized carbons (Fsp3) is 0.429. The zero-order chi connectivity index (χ0) is 19.2. The number of nitrogens with zero attached hydrogens (tertiary/aromatic N) is 1. The third kappa shape index (κ3) is 4.90. The molecule has 1 aliphatic rings. The van der Waals surface area contributed by atoms with Gasteiger partial charge in [-0.3, -0.25) is 9.78 Å². The van der Waals surface area contributed by atoms with E-state index in [0.717, 1.165) is 12.8 Å². The highest BCUT2D eigenvalue weighted by Gasteiger charge is 2.30. The highest BCUT2D eigenvalue weighted by atomic mass is 19.1. The predicted molar refractivity (Wildman–Crippen MR) is 101 cm³/mol. The number of carbonyl (C=O) groups excluding carboxylic acids is 1. The Balaban J connectivity index is 1.61. The molecule has 0 bridgehead atoms. The Morgan fingerprint density at radius 3 is 2.81 bits per heavy atom. The number of benzene rings is 1. The lowest BCUT2D eigenvalue weighted by Crippen LogP contribution is -2.37. The van der Waals surface area contributed by atoms with Gasteiger partial charge in [-0.15, -0.1) is 0 Å². The molecule has 0 radical (unpaired) electrons. The standard InChI is InChI=1S/C21H25FN2O3/c22-16-7-1-2-8-17(16)24-18-13-23-12-11-15(18)19(25)9-3-5-14-6-4-10-20(26)21(14)27/h1-2,7-8,11-14,20-21,24,26-27H,3-6,9-10H2. The Labute approximate surface area is 158 Å². The number of rotatable bonds is 7. The van der Waals surface area contributed by atoms with Crippen LogP contribution in [-0.4, -0.2) is 33.2 Å². The highest BCUT2D eigenvalue weighted by molar-refractivity contribution is 6.01. The third-order valence-corrected chi connectivity index (χ3v) is 5.20. The van der Waals surface area contributed by atoms with E-state index >= 15 is 0 Å². The van der Waals surface area contributed by atoms with Crippen LogP contribution in [0, 0.1) is 11.7 Å². The summed E-state index contributed by atoms with van der Waals surface area (Å²) < 4.78 is 13.9. The zero-order valence-corrected chi connectivity index (χ0v) is 15.1. The van der Waals surface area contributed by atoms with Gasteiger partial charge in [0.05, 0.1) is 29.8 Å². The minimum Gasteiger partial charge on any atom is -0.390 e. The smallest absolute Gasteiger partial charge is 0.165 e. The number of aliphatic hydroxyl groups excluding tert-OH is 2. The number of nitrogens with one attached hydrogen (secondary N) is 1. The molecule has 1 saturated carbocycles. The summed E-state index contributed by atoms with van der Waals surface area (Å²) in [6.45, 7) is 0. The van der Waals surface area contributed by atoms with Crippen LogP contribution in [-0.2, 0) is 0 Å². The van der Waals surface area contributed by atoms with Gasteiger partial charge in [0.25, 0.3) is 0 Å². The highest BCUT2D eigenvalue weighted by Crippen LogP contribution is 2.29. The molecule has 0 saturated heterocycles. The number of pyridine rings is 1. The Kier molecular flexibility index (Phi) is 6.53. The number of hydrogen-bond donors (Lipinski definition) is 3. The molecule has 1 aromatic carbocycles. The lowest BCUT2D eigenvalue weighted by Gasteiger charge is -2.31.